The molecule has 1 amide bonds. The maximum atomic E-state index is 12.7. The standard InChI is InChI=1S/C23H24ClN3O4/c1-25-22(29)14-9-7-13(8-10-14)21-20-16(15-5-3-4-6-17(15)26-20)11-18(23(30)31-2)27(21)19(28)12-24/h3-10,18-19,21,26,28H,11-12H2,1-2H3,(H,25,29)/t18-,19?,21+/m1/s1. The van der Waals surface area contributed by atoms with Crippen LogP contribution in [0, 0.1) is 0 Å². The van der Waals surface area contributed by atoms with Gasteiger partial charge in [-0.1, -0.05) is 30.3 Å². The van der Waals surface area contributed by atoms with Crippen LogP contribution in [0.3, 0.4) is 0 Å². The van der Waals surface area contributed by atoms with Crippen LogP contribution in [-0.2, 0) is 16.0 Å². The van der Waals surface area contributed by atoms with Crippen LogP contribution in [0.1, 0.15) is 33.2 Å². The number of carbonyl (C=O) groups excluding carboxylic acids is 2. The van der Waals surface area contributed by atoms with Crippen molar-refractivity contribution in [2.45, 2.75) is 24.7 Å². The topological polar surface area (TPSA) is 94.7 Å². The summed E-state index contributed by atoms with van der Waals surface area (Å²) in [6.45, 7) is 0. The van der Waals surface area contributed by atoms with E-state index in [4.69, 9.17) is 16.3 Å². The summed E-state index contributed by atoms with van der Waals surface area (Å²) in [7, 11) is 2.92. The Balaban J connectivity index is 1.91. The van der Waals surface area contributed by atoms with Crippen LogP contribution < -0.4 is 5.32 Å². The van der Waals surface area contributed by atoms with E-state index in [1.165, 1.54) is 7.11 Å². The molecule has 3 aromatic rings. The fourth-order valence-corrected chi connectivity index (χ4v) is 4.56. The van der Waals surface area contributed by atoms with E-state index in [0.717, 1.165) is 27.7 Å². The Kier molecular flexibility index (Phi) is 6.00. The van der Waals surface area contributed by atoms with Gasteiger partial charge >= 0.3 is 5.97 Å². The number of amides is 1. The molecule has 2 aromatic carbocycles. The van der Waals surface area contributed by atoms with Crippen LogP contribution in [0.15, 0.2) is 48.5 Å². The first kappa shape index (κ1) is 21.4. The van der Waals surface area contributed by atoms with Crippen molar-refractivity contribution in [3.05, 3.63) is 70.9 Å². The van der Waals surface area contributed by atoms with Crippen molar-refractivity contribution < 1.29 is 19.4 Å². The summed E-state index contributed by atoms with van der Waals surface area (Å²) < 4.78 is 5.07. The predicted molar refractivity (Wildman–Crippen MR) is 118 cm³/mol. The molecule has 1 aliphatic heterocycles. The third-order valence-electron chi connectivity index (χ3n) is 5.85. The van der Waals surface area contributed by atoms with E-state index >= 15 is 0 Å². The molecule has 3 N–H and O–H groups in total. The van der Waals surface area contributed by atoms with Gasteiger partial charge in [-0.05, 0) is 29.3 Å². The zero-order valence-corrected chi connectivity index (χ0v) is 18.0. The van der Waals surface area contributed by atoms with Gasteiger partial charge in [-0.3, -0.25) is 14.5 Å². The summed E-state index contributed by atoms with van der Waals surface area (Å²) in [5.74, 6) is -0.700. The number of aliphatic hydroxyl groups excluding tert-OH is 1. The normalized spacial score (nSPS) is 19.6. The summed E-state index contributed by atoms with van der Waals surface area (Å²) in [5.41, 5.74) is 4.18. The van der Waals surface area contributed by atoms with Gasteiger partial charge in [-0.25, -0.2) is 0 Å². The molecule has 4 rings (SSSR count). The van der Waals surface area contributed by atoms with Crippen LogP contribution in [0.25, 0.3) is 10.9 Å². The van der Waals surface area contributed by atoms with E-state index in [1.54, 1.807) is 24.1 Å². The van der Waals surface area contributed by atoms with Gasteiger partial charge in [-0.2, -0.15) is 0 Å². The number of methoxy groups -OCH3 is 1. The third kappa shape index (κ3) is 3.69. The van der Waals surface area contributed by atoms with Crippen molar-refractivity contribution >= 4 is 34.4 Å². The molecule has 1 unspecified atom stereocenters. The number of ether oxygens (including phenoxy) is 1. The van der Waals surface area contributed by atoms with Crippen molar-refractivity contribution in [2.75, 3.05) is 20.0 Å². The van der Waals surface area contributed by atoms with Crippen LogP contribution >= 0.6 is 11.6 Å². The number of halogens is 1. The van der Waals surface area contributed by atoms with Crippen molar-refractivity contribution in [1.29, 1.82) is 0 Å². The number of nitrogens with one attached hydrogen (secondary N) is 2. The van der Waals surface area contributed by atoms with Crippen molar-refractivity contribution in [3.8, 4) is 0 Å². The number of benzene rings is 2. The third-order valence-corrected chi connectivity index (χ3v) is 6.12. The summed E-state index contributed by atoms with van der Waals surface area (Å²) in [4.78, 5) is 29.9. The van der Waals surface area contributed by atoms with E-state index in [9.17, 15) is 14.7 Å². The lowest BCUT2D eigenvalue weighted by Crippen LogP contribution is -2.54. The molecule has 2 heterocycles. The molecule has 1 aromatic heterocycles. The van der Waals surface area contributed by atoms with E-state index in [0.29, 0.717) is 12.0 Å². The van der Waals surface area contributed by atoms with Gasteiger partial charge in [-0.15, -0.1) is 11.6 Å². The number of aliphatic hydroxyl groups is 1. The first-order chi connectivity index (χ1) is 15.0. The maximum Gasteiger partial charge on any atom is 0.323 e. The zero-order chi connectivity index (χ0) is 22.1. The lowest BCUT2D eigenvalue weighted by Gasteiger charge is -2.43. The molecule has 0 bridgehead atoms. The molecule has 7 nitrogen and oxygen atoms in total. The number of rotatable bonds is 5. The molecular formula is C23H24ClN3O4. The van der Waals surface area contributed by atoms with E-state index in [-0.39, 0.29) is 11.8 Å². The van der Waals surface area contributed by atoms with Gasteiger partial charge < -0.3 is 20.1 Å². The molecule has 162 valence electrons. The van der Waals surface area contributed by atoms with Crippen LogP contribution in [0.4, 0.5) is 0 Å². The summed E-state index contributed by atoms with van der Waals surface area (Å²) in [6.07, 6.45) is -0.693. The Morgan fingerprint density at radius 1 is 1.26 bits per heavy atom. The maximum absolute atomic E-state index is 12.7. The quantitative estimate of drug-likeness (QED) is 0.418. The first-order valence-electron chi connectivity index (χ1n) is 10.0. The SMILES string of the molecule is CNC(=O)c1ccc([C@H]2c3[nH]c4ccccc4c3C[C@H](C(=O)OC)N2C(O)CCl)cc1. The number of nitrogens with zero attached hydrogens (tertiary/aromatic N) is 1. The number of para-hydroxylation sites is 1. The Labute approximate surface area is 185 Å². The molecule has 0 saturated carbocycles. The molecule has 1 aliphatic rings. The van der Waals surface area contributed by atoms with Gasteiger partial charge in [0, 0.05) is 35.6 Å². The Hall–Kier alpha value is -2.87. The number of alkyl halides is 1. The Morgan fingerprint density at radius 3 is 2.61 bits per heavy atom. The molecule has 31 heavy (non-hydrogen) atoms. The van der Waals surface area contributed by atoms with Gasteiger partial charge in [0.25, 0.3) is 5.91 Å². The zero-order valence-electron chi connectivity index (χ0n) is 17.3. The van der Waals surface area contributed by atoms with E-state index < -0.39 is 24.3 Å². The fourth-order valence-electron chi connectivity index (χ4n) is 4.40. The smallest absolute Gasteiger partial charge is 0.323 e. The molecule has 8 heteroatoms. The number of carbonyl (C=O) groups is 2. The highest BCUT2D eigenvalue weighted by Gasteiger charge is 2.44. The largest absolute Gasteiger partial charge is 0.468 e. The number of aromatic nitrogens is 1. The van der Waals surface area contributed by atoms with Crippen LogP contribution in [0.2, 0.25) is 0 Å². The highest BCUT2D eigenvalue weighted by atomic mass is 35.5. The second-order valence-corrected chi connectivity index (χ2v) is 7.80. The average Bonchev–Trinajstić information content (AvgIpc) is 3.19. The molecular weight excluding hydrogens is 418 g/mol. The number of H-pyrrole nitrogens is 1. The monoisotopic (exact) mass is 441 g/mol. The molecule has 0 fully saturated rings. The molecule has 0 spiro atoms. The molecule has 3 atom stereocenters. The van der Waals surface area contributed by atoms with Gasteiger partial charge in [0.15, 0.2) is 0 Å². The van der Waals surface area contributed by atoms with E-state index in [1.807, 2.05) is 36.4 Å². The average molecular weight is 442 g/mol. The minimum atomic E-state index is -1.08. The van der Waals surface area contributed by atoms with Gasteiger partial charge in [0.05, 0.1) is 19.0 Å². The number of hydrogen-bond acceptors (Lipinski definition) is 5. The second-order valence-electron chi connectivity index (χ2n) is 7.49. The number of fused-ring (bicyclic) bond motifs is 3. The van der Waals surface area contributed by atoms with Crippen molar-refractivity contribution in [2.24, 2.45) is 0 Å². The molecule has 0 aliphatic carbocycles. The van der Waals surface area contributed by atoms with E-state index in [2.05, 4.69) is 10.3 Å². The molecule has 0 radical (unpaired) electrons. The minimum Gasteiger partial charge on any atom is -0.468 e. The Morgan fingerprint density at radius 2 is 1.97 bits per heavy atom. The minimum absolute atomic E-state index is 0.0735. The fraction of sp³-hybridized carbons (Fsp3) is 0.304. The second kappa shape index (κ2) is 8.70. The number of esters is 1. The lowest BCUT2D eigenvalue weighted by molar-refractivity contribution is -0.154. The number of aromatic amines is 1. The highest BCUT2D eigenvalue weighted by molar-refractivity contribution is 6.18. The lowest BCUT2D eigenvalue weighted by atomic mass is 9.87. The van der Waals surface area contributed by atoms with Crippen molar-refractivity contribution in [1.82, 2.24) is 15.2 Å². The molecule has 0 saturated heterocycles. The summed E-state index contributed by atoms with van der Waals surface area (Å²) in [5, 5.41) is 14.5. The summed E-state index contributed by atoms with van der Waals surface area (Å²) >= 11 is 6.04. The predicted octanol–water partition coefficient (Wildman–Crippen LogP) is 2.57. The summed E-state index contributed by atoms with van der Waals surface area (Å²) in [6, 6.07) is 13.8. The van der Waals surface area contributed by atoms with Crippen LogP contribution in [0.5, 0.6) is 0 Å². The van der Waals surface area contributed by atoms with Crippen LogP contribution in [-0.4, -0.2) is 59.2 Å². The Bertz CT molecular complexity index is 1110. The van der Waals surface area contributed by atoms with Crippen molar-refractivity contribution in [3.63, 3.8) is 0 Å². The number of hydrogen-bond donors (Lipinski definition) is 3. The van der Waals surface area contributed by atoms with Gasteiger partial charge in [0.2, 0.25) is 0 Å². The highest BCUT2D eigenvalue weighted by Crippen LogP contribution is 2.42. The first-order valence-corrected chi connectivity index (χ1v) is 10.5. The van der Waals surface area contributed by atoms with Gasteiger partial charge in [0.1, 0.15) is 12.3 Å².